The van der Waals surface area contributed by atoms with Crippen LogP contribution in [0.15, 0.2) is 48.7 Å². The van der Waals surface area contributed by atoms with Crippen LogP contribution < -0.4 is 9.30 Å². The van der Waals surface area contributed by atoms with Gasteiger partial charge in [0.15, 0.2) is 6.20 Å². The Balaban J connectivity index is 1.99. The molecule has 124 valence electrons. The lowest BCUT2D eigenvalue weighted by molar-refractivity contribution is -0.659. The Morgan fingerprint density at radius 2 is 1.88 bits per heavy atom. The van der Waals surface area contributed by atoms with Gasteiger partial charge in [0.2, 0.25) is 5.75 Å². The van der Waals surface area contributed by atoms with Gasteiger partial charge in [-0.05, 0) is 54.6 Å². The number of aromatic nitrogens is 1. The standard InChI is InChI=1S/C23H17N2O/c1-13-9-16-5-4-6-19-21(16)20(14(13)2)22-23(26-19)18-8-7-15(11-24)10-17(18)12-25(22)3/h4-10,12H,1-3H3/q+1. The Labute approximate surface area is 151 Å². The van der Waals surface area contributed by atoms with Crippen molar-refractivity contribution in [2.45, 2.75) is 13.8 Å². The average molecular weight is 337 g/mol. The third-order valence-electron chi connectivity index (χ3n) is 5.42. The highest BCUT2D eigenvalue weighted by Crippen LogP contribution is 2.49. The quantitative estimate of drug-likeness (QED) is 0.370. The maximum absolute atomic E-state index is 9.22. The summed E-state index contributed by atoms with van der Waals surface area (Å²) in [6, 6.07) is 16.4. The van der Waals surface area contributed by atoms with Crippen LogP contribution >= 0.6 is 0 Å². The number of hydrogen-bond acceptors (Lipinski definition) is 2. The molecule has 0 amide bonds. The summed E-state index contributed by atoms with van der Waals surface area (Å²) in [6.07, 6.45) is 2.08. The van der Waals surface area contributed by atoms with Gasteiger partial charge in [-0.2, -0.15) is 9.83 Å². The average Bonchev–Trinajstić information content (AvgIpc) is 2.64. The number of ether oxygens (including phenoxy) is 1. The van der Waals surface area contributed by atoms with E-state index in [1.165, 1.54) is 27.5 Å². The van der Waals surface area contributed by atoms with Crippen LogP contribution in [0.2, 0.25) is 0 Å². The summed E-state index contributed by atoms with van der Waals surface area (Å²) in [7, 11) is 2.04. The zero-order valence-corrected chi connectivity index (χ0v) is 14.9. The zero-order valence-electron chi connectivity index (χ0n) is 14.9. The number of aryl methyl sites for hydroxylation is 2. The Morgan fingerprint density at radius 3 is 2.69 bits per heavy atom. The maximum Gasteiger partial charge on any atom is 0.257 e. The van der Waals surface area contributed by atoms with Gasteiger partial charge >= 0.3 is 0 Å². The topological polar surface area (TPSA) is 36.9 Å². The Bertz CT molecular complexity index is 1300. The number of benzene rings is 3. The Hall–Kier alpha value is -3.38. The first-order chi connectivity index (χ1) is 12.6. The summed E-state index contributed by atoms with van der Waals surface area (Å²) >= 11 is 0. The minimum absolute atomic E-state index is 0.655. The van der Waals surface area contributed by atoms with Gasteiger partial charge in [-0.25, -0.2) is 0 Å². The second kappa shape index (κ2) is 5.06. The van der Waals surface area contributed by atoms with Crippen molar-refractivity contribution in [2.75, 3.05) is 0 Å². The van der Waals surface area contributed by atoms with Crippen molar-refractivity contribution in [3.05, 3.63) is 65.4 Å². The normalized spacial score (nSPS) is 11.9. The van der Waals surface area contributed by atoms with Crippen molar-refractivity contribution < 1.29 is 9.30 Å². The third kappa shape index (κ3) is 1.84. The molecule has 0 bridgehead atoms. The molecule has 26 heavy (non-hydrogen) atoms. The van der Waals surface area contributed by atoms with Crippen molar-refractivity contribution in [3.8, 4) is 28.8 Å². The van der Waals surface area contributed by atoms with E-state index in [1.54, 1.807) is 0 Å². The summed E-state index contributed by atoms with van der Waals surface area (Å²) < 4.78 is 8.53. The molecule has 3 nitrogen and oxygen atoms in total. The fraction of sp³-hybridized carbons (Fsp3) is 0.130. The molecule has 0 N–H and O–H groups in total. The highest BCUT2D eigenvalue weighted by atomic mass is 16.5. The van der Waals surface area contributed by atoms with Crippen molar-refractivity contribution in [3.63, 3.8) is 0 Å². The van der Waals surface area contributed by atoms with Crippen LogP contribution in [0.4, 0.5) is 0 Å². The van der Waals surface area contributed by atoms with E-state index in [0.29, 0.717) is 5.56 Å². The van der Waals surface area contributed by atoms with Crippen molar-refractivity contribution in [2.24, 2.45) is 7.05 Å². The van der Waals surface area contributed by atoms with E-state index in [9.17, 15) is 5.26 Å². The summed E-state index contributed by atoms with van der Waals surface area (Å²) in [4.78, 5) is 0. The molecule has 0 saturated carbocycles. The Kier molecular flexibility index (Phi) is 2.90. The number of nitrogens with zero attached hydrogens (tertiary/aromatic N) is 2. The van der Waals surface area contributed by atoms with E-state index in [4.69, 9.17) is 4.74 Å². The highest BCUT2D eigenvalue weighted by molar-refractivity contribution is 6.07. The lowest BCUT2D eigenvalue weighted by atomic mass is 9.90. The summed E-state index contributed by atoms with van der Waals surface area (Å²) in [5, 5.41) is 13.6. The van der Waals surface area contributed by atoms with Crippen LogP contribution in [0, 0.1) is 25.2 Å². The summed E-state index contributed by atoms with van der Waals surface area (Å²) in [5.41, 5.74) is 5.54. The fourth-order valence-electron chi connectivity index (χ4n) is 4.05. The molecule has 2 heterocycles. The molecule has 0 unspecified atom stereocenters. The van der Waals surface area contributed by atoms with E-state index in [0.717, 1.165) is 28.0 Å². The minimum atomic E-state index is 0.655. The molecular weight excluding hydrogens is 320 g/mol. The molecule has 1 aromatic heterocycles. The van der Waals surface area contributed by atoms with Crippen molar-refractivity contribution >= 4 is 21.5 Å². The van der Waals surface area contributed by atoms with Gasteiger partial charge in [0.25, 0.3) is 5.69 Å². The molecular formula is C23H17N2O+. The van der Waals surface area contributed by atoms with E-state index >= 15 is 0 Å². The van der Waals surface area contributed by atoms with Crippen LogP contribution in [-0.2, 0) is 7.05 Å². The predicted octanol–water partition coefficient (Wildman–Crippen LogP) is 5.08. The molecule has 4 aromatic rings. The van der Waals surface area contributed by atoms with E-state index in [1.807, 2.05) is 37.4 Å². The van der Waals surface area contributed by atoms with Gasteiger partial charge in [-0.1, -0.05) is 18.2 Å². The number of pyridine rings is 1. The van der Waals surface area contributed by atoms with Gasteiger partial charge in [-0.3, -0.25) is 0 Å². The second-order valence-electron chi connectivity index (χ2n) is 6.98. The molecule has 1 aliphatic rings. The van der Waals surface area contributed by atoms with Gasteiger partial charge in [0.1, 0.15) is 12.8 Å². The third-order valence-corrected chi connectivity index (χ3v) is 5.42. The SMILES string of the molecule is Cc1cc2cccc3c2c(c1C)-c1c(c2ccc(C#N)cc2c[n+]1C)O3. The Morgan fingerprint density at radius 1 is 1.04 bits per heavy atom. The monoisotopic (exact) mass is 337 g/mol. The smallest absolute Gasteiger partial charge is 0.257 e. The van der Waals surface area contributed by atoms with E-state index in [2.05, 4.69) is 42.8 Å². The van der Waals surface area contributed by atoms with Gasteiger partial charge in [-0.15, -0.1) is 0 Å². The zero-order chi connectivity index (χ0) is 18.0. The number of hydrogen-bond donors (Lipinski definition) is 0. The fourth-order valence-corrected chi connectivity index (χ4v) is 4.05. The summed E-state index contributed by atoms with van der Waals surface area (Å²) in [6.45, 7) is 4.34. The highest BCUT2D eigenvalue weighted by Gasteiger charge is 2.31. The molecule has 0 fully saturated rings. The molecule has 0 spiro atoms. The number of nitriles is 1. The predicted molar refractivity (Wildman–Crippen MR) is 102 cm³/mol. The summed E-state index contributed by atoms with van der Waals surface area (Å²) in [5.74, 6) is 1.76. The molecule has 5 rings (SSSR count). The molecule has 0 saturated heterocycles. The lowest BCUT2D eigenvalue weighted by Crippen LogP contribution is -2.32. The van der Waals surface area contributed by atoms with Crippen LogP contribution in [0.25, 0.3) is 32.8 Å². The molecule has 0 aliphatic carbocycles. The number of rotatable bonds is 0. The molecule has 0 radical (unpaired) electrons. The first-order valence-electron chi connectivity index (χ1n) is 8.66. The van der Waals surface area contributed by atoms with Crippen LogP contribution in [0.1, 0.15) is 16.7 Å². The largest absolute Gasteiger partial charge is 0.449 e. The number of fused-ring (bicyclic) bond motifs is 4. The van der Waals surface area contributed by atoms with Crippen molar-refractivity contribution in [1.29, 1.82) is 5.26 Å². The molecule has 3 heteroatoms. The minimum Gasteiger partial charge on any atom is -0.449 e. The van der Waals surface area contributed by atoms with Gasteiger partial charge in [0, 0.05) is 10.8 Å². The van der Waals surface area contributed by atoms with Crippen LogP contribution in [-0.4, -0.2) is 0 Å². The first-order valence-corrected chi connectivity index (χ1v) is 8.66. The van der Waals surface area contributed by atoms with E-state index in [-0.39, 0.29) is 0 Å². The van der Waals surface area contributed by atoms with Gasteiger partial charge < -0.3 is 4.74 Å². The molecule has 0 atom stereocenters. The maximum atomic E-state index is 9.22. The van der Waals surface area contributed by atoms with Crippen LogP contribution in [0.5, 0.6) is 11.5 Å². The van der Waals surface area contributed by atoms with Crippen LogP contribution in [0.3, 0.4) is 0 Å². The molecule has 1 aliphatic heterocycles. The second-order valence-corrected chi connectivity index (χ2v) is 6.98. The van der Waals surface area contributed by atoms with Gasteiger partial charge in [0.05, 0.1) is 22.6 Å². The van der Waals surface area contributed by atoms with E-state index < -0.39 is 0 Å². The lowest BCUT2D eigenvalue weighted by Gasteiger charge is -2.22. The first kappa shape index (κ1) is 14.9. The molecule has 3 aromatic carbocycles. The van der Waals surface area contributed by atoms with Crippen molar-refractivity contribution in [1.82, 2.24) is 0 Å².